The molecule has 1 unspecified atom stereocenters. The third kappa shape index (κ3) is 4.92. The van der Waals surface area contributed by atoms with Gasteiger partial charge in [0.25, 0.3) is 0 Å². The first-order valence-corrected chi connectivity index (χ1v) is 5.27. The Labute approximate surface area is 90.4 Å². The van der Waals surface area contributed by atoms with Crippen molar-refractivity contribution in [2.45, 2.75) is 25.4 Å². The second kappa shape index (κ2) is 7.39. The number of ether oxygens (including phenoxy) is 1. The summed E-state index contributed by atoms with van der Waals surface area (Å²) in [7, 11) is 1.71. The van der Waals surface area contributed by atoms with Crippen LogP contribution < -0.4 is 11.1 Å². The van der Waals surface area contributed by atoms with Gasteiger partial charge < -0.3 is 20.8 Å². The highest BCUT2D eigenvalue weighted by Crippen LogP contribution is 1.98. The van der Waals surface area contributed by atoms with Crippen LogP contribution in [0, 0.1) is 0 Å². The van der Waals surface area contributed by atoms with E-state index in [0.717, 1.165) is 31.8 Å². The lowest BCUT2D eigenvalue weighted by atomic mass is 10.1. The zero-order chi connectivity index (χ0) is 10.9. The highest BCUT2D eigenvalue weighted by molar-refractivity contribution is 4.86. The normalized spacial score (nSPS) is 12.9. The number of imidazole rings is 1. The average Bonchev–Trinajstić information content (AvgIpc) is 2.75. The maximum atomic E-state index is 5.48. The lowest BCUT2D eigenvalue weighted by Crippen LogP contribution is -2.33. The van der Waals surface area contributed by atoms with Crippen LogP contribution in [-0.2, 0) is 11.3 Å². The fraction of sp³-hybridized carbons (Fsp3) is 0.700. The lowest BCUT2D eigenvalue weighted by Gasteiger charge is -2.16. The largest absolute Gasteiger partial charge is 0.383 e. The minimum atomic E-state index is 0.351. The SMILES string of the molecule is COCC(CCCN)NCc1ncc[nH]1. The number of H-pyrrole nitrogens is 1. The minimum absolute atomic E-state index is 0.351. The number of aromatic nitrogens is 2. The van der Waals surface area contributed by atoms with Crippen LogP contribution in [0.2, 0.25) is 0 Å². The van der Waals surface area contributed by atoms with E-state index in [0.29, 0.717) is 12.6 Å². The predicted octanol–water partition coefficient (Wildman–Crippen LogP) is 0.253. The zero-order valence-electron chi connectivity index (χ0n) is 9.20. The molecule has 5 nitrogen and oxygen atoms in total. The lowest BCUT2D eigenvalue weighted by molar-refractivity contribution is 0.160. The Bertz CT molecular complexity index is 238. The molecule has 0 aromatic carbocycles. The molecule has 0 fully saturated rings. The van der Waals surface area contributed by atoms with Crippen molar-refractivity contribution in [3.63, 3.8) is 0 Å². The van der Waals surface area contributed by atoms with Gasteiger partial charge in [0.2, 0.25) is 0 Å². The third-order valence-corrected chi connectivity index (χ3v) is 2.24. The summed E-state index contributed by atoms with van der Waals surface area (Å²) in [5.41, 5.74) is 5.48. The number of nitrogens with two attached hydrogens (primary N) is 1. The molecule has 5 heteroatoms. The molecule has 0 aliphatic carbocycles. The second-order valence-corrected chi connectivity index (χ2v) is 3.50. The number of methoxy groups -OCH3 is 1. The Morgan fingerprint density at radius 2 is 2.53 bits per heavy atom. The van der Waals surface area contributed by atoms with Crippen LogP contribution in [0.1, 0.15) is 18.7 Å². The van der Waals surface area contributed by atoms with Crippen LogP contribution in [0.15, 0.2) is 12.4 Å². The van der Waals surface area contributed by atoms with Gasteiger partial charge in [-0.3, -0.25) is 0 Å². The van der Waals surface area contributed by atoms with Crippen molar-refractivity contribution in [2.24, 2.45) is 5.73 Å². The molecular formula is C10H20N4O. The number of rotatable bonds is 8. The van der Waals surface area contributed by atoms with E-state index >= 15 is 0 Å². The summed E-state index contributed by atoms with van der Waals surface area (Å²) in [6.45, 7) is 2.18. The summed E-state index contributed by atoms with van der Waals surface area (Å²) in [5.74, 6) is 0.948. The molecule has 1 aromatic heterocycles. The first-order chi connectivity index (χ1) is 7.36. The van der Waals surface area contributed by atoms with E-state index in [4.69, 9.17) is 10.5 Å². The molecule has 4 N–H and O–H groups in total. The zero-order valence-corrected chi connectivity index (χ0v) is 9.20. The van der Waals surface area contributed by atoms with Crippen LogP contribution >= 0.6 is 0 Å². The first kappa shape index (κ1) is 12.2. The molecule has 0 spiro atoms. The van der Waals surface area contributed by atoms with E-state index in [1.165, 1.54) is 0 Å². The third-order valence-electron chi connectivity index (χ3n) is 2.24. The minimum Gasteiger partial charge on any atom is -0.383 e. The Morgan fingerprint density at radius 3 is 3.13 bits per heavy atom. The van der Waals surface area contributed by atoms with Gasteiger partial charge in [-0.15, -0.1) is 0 Å². The predicted molar refractivity (Wildman–Crippen MR) is 59.4 cm³/mol. The van der Waals surface area contributed by atoms with Gasteiger partial charge in [0, 0.05) is 25.5 Å². The molecule has 0 saturated carbocycles. The van der Waals surface area contributed by atoms with Gasteiger partial charge in [0.15, 0.2) is 0 Å². The molecule has 0 saturated heterocycles. The van der Waals surface area contributed by atoms with E-state index in [1.54, 1.807) is 13.3 Å². The fourth-order valence-corrected chi connectivity index (χ4v) is 1.45. The van der Waals surface area contributed by atoms with Gasteiger partial charge in [-0.25, -0.2) is 4.98 Å². The van der Waals surface area contributed by atoms with E-state index in [9.17, 15) is 0 Å². The van der Waals surface area contributed by atoms with Crippen molar-refractivity contribution in [3.05, 3.63) is 18.2 Å². The number of nitrogens with one attached hydrogen (secondary N) is 2. The van der Waals surface area contributed by atoms with E-state index < -0.39 is 0 Å². The highest BCUT2D eigenvalue weighted by atomic mass is 16.5. The molecule has 0 bridgehead atoms. The smallest absolute Gasteiger partial charge is 0.120 e. The Morgan fingerprint density at radius 1 is 1.67 bits per heavy atom. The standard InChI is InChI=1S/C10H20N4O/c1-15-8-9(3-2-4-11)14-7-10-12-5-6-13-10/h5-6,9,14H,2-4,7-8,11H2,1H3,(H,12,13). The molecular weight excluding hydrogens is 192 g/mol. The van der Waals surface area contributed by atoms with E-state index in [1.807, 2.05) is 6.20 Å². The van der Waals surface area contributed by atoms with Crippen molar-refractivity contribution in [1.29, 1.82) is 0 Å². The van der Waals surface area contributed by atoms with Gasteiger partial charge in [-0.1, -0.05) is 0 Å². The Balaban J connectivity index is 2.24. The van der Waals surface area contributed by atoms with Crippen molar-refractivity contribution >= 4 is 0 Å². The van der Waals surface area contributed by atoms with Gasteiger partial charge in [-0.2, -0.15) is 0 Å². The summed E-state index contributed by atoms with van der Waals surface area (Å²) < 4.78 is 5.14. The van der Waals surface area contributed by atoms with Crippen LogP contribution in [0.25, 0.3) is 0 Å². The van der Waals surface area contributed by atoms with E-state index in [-0.39, 0.29) is 0 Å². The van der Waals surface area contributed by atoms with Gasteiger partial charge in [0.05, 0.1) is 13.2 Å². The summed E-state index contributed by atoms with van der Waals surface area (Å²) in [4.78, 5) is 7.20. The number of nitrogens with zero attached hydrogens (tertiary/aromatic N) is 1. The van der Waals surface area contributed by atoms with Crippen molar-refractivity contribution in [1.82, 2.24) is 15.3 Å². The molecule has 1 heterocycles. The van der Waals surface area contributed by atoms with Gasteiger partial charge in [0.1, 0.15) is 5.82 Å². The molecule has 0 aliphatic heterocycles. The van der Waals surface area contributed by atoms with Crippen LogP contribution in [0.4, 0.5) is 0 Å². The summed E-state index contributed by atoms with van der Waals surface area (Å²) in [5, 5.41) is 3.38. The molecule has 0 amide bonds. The summed E-state index contributed by atoms with van der Waals surface area (Å²) >= 11 is 0. The molecule has 86 valence electrons. The second-order valence-electron chi connectivity index (χ2n) is 3.50. The molecule has 1 aromatic rings. The topological polar surface area (TPSA) is 76.0 Å². The monoisotopic (exact) mass is 212 g/mol. The molecule has 1 rings (SSSR count). The van der Waals surface area contributed by atoms with Gasteiger partial charge in [-0.05, 0) is 19.4 Å². The van der Waals surface area contributed by atoms with E-state index in [2.05, 4.69) is 15.3 Å². The Hall–Kier alpha value is -0.910. The van der Waals surface area contributed by atoms with Crippen LogP contribution in [-0.4, -0.2) is 36.3 Å². The summed E-state index contributed by atoms with van der Waals surface area (Å²) in [6, 6.07) is 0.351. The van der Waals surface area contributed by atoms with Gasteiger partial charge >= 0.3 is 0 Å². The van der Waals surface area contributed by atoms with Crippen molar-refractivity contribution < 1.29 is 4.74 Å². The number of hydrogen-bond acceptors (Lipinski definition) is 4. The maximum absolute atomic E-state index is 5.48. The molecule has 1 atom stereocenters. The van der Waals surface area contributed by atoms with Crippen molar-refractivity contribution in [3.8, 4) is 0 Å². The average molecular weight is 212 g/mol. The van der Waals surface area contributed by atoms with Crippen molar-refractivity contribution in [2.75, 3.05) is 20.3 Å². The summed E-state index contributed by atoms with van der Waals surface area (Å²) in [6.07, 6.45) is 5.62. The quantitative estimate of drug-likeness (QED) is 0.577. The Kier molecular flexibility index (Phi) is 5.99. The van der Waals surface area contributed by atoms with Crippen LogP contribution in [0.5, 0.6) is 0 Å². The first-order valence-electron chi connectivity index (χ1n) is 5.27. The highest BCUT2D eigenvalue weighted by Gasteiger charge is 2.07. The fourth-order valence-electron chi connectivity index (χ4n) is 1.45. The maximum Gasteiger partial charge on any atom is 0.120 e. The molecule has 15 heavy (non-hydrogen) atoms. The molecule has 0 aliphatic rings. The number of aromatic amines is 1. The number of hydrogen-bond donors (Lipinski definition) is 3. The molecule has 0 radical (unpaired) electrons. The van der Waals surface area contributed by atoms with Crippen LogP contribution in [0.3, 0.4) is 0 Å².